The third kappa shape index (κ3) is 3.42. The smallest absolute Gasteiger partial charge is 0.225 e. The van der Waals surface area contributed by atoms with Gasteiger partial charge >= 0.3 is 0 Å². The molecule has 2 N–H and O–H groups in total. The van der Waals surface area contributed by atoms with Crippen molar-refractivity contribution in [3.05, 3.63) is 70.5 Å². The van der Waals surface area contributed by atoms with Crippen LogP contribution in [0.15, 0.2) is 52.9 Å². The van der Waals surface area contributed by atoms with E-state index in [1.165, 1.54) is 17.7 Å². The predicted octanol–water partition coefficient (Wildman–Crippen LogP) is 4.16. The third-order valence-electron chi connectivity index (χ3n) is 4.49. The topological polar surface area (TPSA) is 60.2 Å². The monoisotopic (exact) mass is 345 g/mol. The zero-order valence-electron chi connectivity index (χ0n) is 13.5. The zero-order chi connectivity index (χ0) is 17.3. The van der Waals surface area contributed by atoms with E-state index >= 15 is 0 Å². The van der Waals surface area contributed by atoms with Gasteiger partial charge < -0.3 is 0 Å². The van der Waals surface area contributed by atoms with Gasteiger partial charge in [0.1, 0.15) is 5.82 Å². The summed E-state index contributed by atoms with van der Waals surface area (Å²) in [4.78, 5) is 0.0807. The molecule has 3 rings (SSSR count). The Balaban J connectivity index is 2.13. The molecule has 24 heavy (non-hydrogen) atoms. The molecule has 1 aliphatic carbocycles. The van der Waals surface area contributed by atoms with Crippen molar-refractivity contribution >= 4 is 15.6 Å². The molecule has 0 saturated heterocycles. The second-order valence-electron chi connectivity index (χ2n) is 6.22. The molecule has 5 heteroatoms. The molecule has 0 atom stereocenters. The predicted molar refractivity (Wildman–Crippen MR) is 93.4 cm³/mol. The highest BCUT2D eigenvalue weighted by molar-refractivity contribution is 7.89. The van der Waals surface area contributed by atoms with Gasteiger partial charge in [-0.25, -0.2) is 17.9 Å². The molecule has 0 amide bonds. The summed E-state index contributed by atoms with van der Waals surface area (Å²) < 4.78 is 36.9. The molecule has 1 saturated carbocycles. The number of primary sulfonamides is 1. The van der Waals surface area contributed by atoms with Gasteiger partial charge in [-0.15, -0.1) is 0 Å². The minimum atomic E-state index is -3.72. The second-order valence-corrected chi connectivity index (χ2v) is 7.78. The number of rotatable bonds is 3. The minimum Gasteiger partial charge on any atom is -0.225 e. The molecule has 2 aromatic carbocycles. The fraction of sp³-hybridized carbons (Fsp3) is 0.263. The van der Waals surface area contributed by atoms with Gasteiger partial charge in [0.15, 0.2) is 0 Å². The SMILES string of the molecule is Cc1ccc(C(=C2CCCC2)c2ccc(S(N)(=O)=O)cc2)cc1F. The van der Waals surface area contributed by atoms with Crippen LogP contribution in [-0.2, 0) is 10.0 Å². The number of nitrogens with two attached hydrogens (primary N) is 1. The lowest BCUT2D eigenvalue weighted by Crippen LogP contribution is -2.11. The number of allylic oxidation sites excluding steroid dienone is 1. The van der Waals surface area contributed by atoms with Gasteiger partial charge in [-0.1, -0.05) is 29.8 Å². The summed E-state index contributed by atoms with van der Waals surface area (Å²) >= 11 is 0. The van der Waals surface area contributed by atoms with Crippen molar-refractivity contribution in [2.75, 3.05) is 0 Å². The highest BCUT2D eigenvalue weighted by atomic mass is 32.2. The van der Waals surface area contributed by atoms with Crippen molar-refractivity contribution in [3.8, 4) is 0 Å². The van der Waals surface area contributed by atoms with Gasteiger partial charge in [0, 0.05) is 0 Å². The number of sulfonamides is 1. The lowest BCUT2D eigenvalue weighted by molar-refractivity contribution is 0.598. The molecule has 0 radical (unpaired) electrons. The second kappa shape index (κ2) is 6.49. The van der Waals surface area contributed by atoms with Crippen LogP contribution in [0.5, 0.6) is 0 Å². The molecule has 0 spiro atoms. The highest BCUT2D eigenvalue weighted by Crippen LogP contribution is 2.36. The maximum absolute atomic E-state index is 14.0. The van der Waals surface area contributed by atoms with E-state index in [0.29, 0.717) is 5.56 Å². The Bertz CT molecular complexity index is 891. The lowest BCUT2D eigenvalue weighted by atomic mass is 9.91. The van der Waals surface area contributed by atoms with E-state index in [-0.39, 0.29) is 10.7 Å². The maximum atomic E-state index is 14.0. The van der Waals surface area contributed by atoms with Crippen molar-refractivity contribution in [1.29, 1.82) is 0 Å². The van der Waals surface area contributed by atoms with Gasteiger partial charge in [-0.05, 0) is 73.1 Å². The standard InChI is InChI=1S/C19H20FNO2S/c1-13-6-7-16(12-18(13)20)19(14-4-2-3-5-14)15-8-10-17(11-9-15)24(21,22)23/h6-12H,2-5H2,1H3,(H2,21,22,23). The quantitative estimate of drug-likeness (QED) is 0.908. The molecule has 1 fully saturated rings. The Labute approximate surface area is 142 Å². The van der Waals surface area contributed by atoms with Crippen molar-refractivity contribution in [2.45, 2.75) is 37.5 Å². The van der Waals surface area contributed by atoms with Crippen LogP contribution in [0.2, 0.25) is 0 Å². The first-order chi connectivity index (χ1) is 11.4. The van der Waals surface area contributed by atoms with Crippen LogP contribution in [0, 0.1) is 12.7 Å². The highest BCUT2D eigenvalue weighted by Gasteiger charge is 2.17. The third-order valence-corrected chi connectivity index (χ3v) is 5.42. The minimum absolute atomic E-state index is 0.0807. The van der Waals surface area contributed by atoms with Crippen LogP contribution >= 0.6 is 0 Å². The largest absolute Gasteiger partial charge is 0.238 e. The molecular weight excluding hydrogens is 325 g/mol. The van der Waals surface area contributed by atoms with Gasteiger partial charge in [-0.3, -0.25) is 0 Å². The van der Waals surface area contributed by atoms with Gasteiger partial charge in [0.2, 0.25) is 10.0 Å². The normalized spacial score (nSPS) is 14.9. The van der Waals surface area contributed by atoms with Gasteiger partial charge in [0.05, 0.1) is 4.90 Å². The summed E-state index contributed by atoms with van der Waals surface area (Å²) in [6, 6.07) is 11.8. The van der Waals surface area contributed by atoms with E-state index in [9.17, 15) is 12.8 Å². The first kappa shape index (κ1) is 16.9. The Morgan fingerprint density at radius 2 is 1.58 bits per heavy atom. The number of hydrogen-bond donors (Lipinski definition) is 1. The molecule has 2 aromatic rings. The number of benzene rings is 2. The zero-order valence-corrected chi connectivity index (χ0v) is 14.4. The first-order valence-electron chi connectivity index (χ1n) is 7.98. The molecule has 0 aliphatic heterocycles. The Hall–Kier alpha value is -1.98. The van der Waals surface area contributed by atoms with Crippen LogP contribution in [0.3, 0.4) is 0 Å². The molecule has 0 aromatic heterocycles. The molecule has 0 unspecified atom stereocenters. The fourth-order valence-electron chi connectivity index (χ4n) is 3.19. The fourth-order valence-corrected chi connectivity index (χ4v) is 3.70. The number of hydrogen-bond acceptors (Lipinski definition) is 2. The van der Waals surface area contributed by atoms with Gasteiger partial charge in [-0.2, -0.15) is 0 Å². The van der Waals surface area contributed by atoms with E-state index < -0.39 is 10.0 Å². The molecule has 3 nitrogen and oxygen atoms in total. The average Bonchev–Trinajstić information content (AvgIpc) is 3.05. The van der Waals surface area contributed by atoms with E-state index in [1.54, 1.807) is 31.2 Å². The van der Waals surface area contributed by atoms with Crippen molar-refractivity contribution in [3.63, 3.8) is 0 Å². The van der Waals surface area contributed by atoms with Crippen molar-refractivity contribution in [2.24, 2.45) is 5.14 Å². The summed E-state index contributed by atoms with van der Waals surface area (Å²) in [5.74, 6) is -0.232. The summed E-state index contributed by atoms with van der Waals surface area (Å²) in [6.07, 6.45) is 4.23. The molecule has 0 heterocycles. The Morgan fingerprint density at radius 1 is 1.00 bits per heavy atom. The average molecular weight is 345 g/mol. The van der Waals surface area contributed by atoms with Crippen LogP contribution in [0.1, 0.15) is 42.4 Å². The van der Waals surface area contributed by atoms with E-state index in [4.69, 9.17) is 5.14 Å². The maximum Gasteiger partial charge on any atom is 0.238 e. The van der Waals surface area contributed by atoms with Gasteiger partial charge in [0.25, 0.3) is 0 Å². The molecule has 1 aliphatic rings. The van der Waals surface area contributed by atoms with E-state index in [2.05, 4.69) is 0 Å². The van der Waals surface area contributed by atoms with Crippen LogP contribution in [0.25, 0.3) is 5.57 Å². The number of aryl methyl sites for hydroxylation is 1. The van der Waals surface area contributed by atoms with Crippen LogP contribution in [-0.4, -0.2) is 8.42 Å². The molecular formula is C19H20FNO2S. The van der Waals surface area contributed by atoms with Crippen LogP contribution < -0.4 is 5.14 Å². The molecule has 126 valence electrons. The lowest BCUT2D eigenvalue weighted by Gasteiger charge is -2.14. The summed E-state index contributed by atoms with van der Waals surface area (Å²) in [5.41, 5.74) is 4.63. The first-order valence-corrected chi connectivity index (χ1v) is 9.52. The number of halogens is 1. The van der Waals surface area contributed by atoms with E-state index in [1.807, 2.05) is 6.07 Å². The van der Waals surface area contributed by atoms with Crippen molar-refractivity contribution < 1.29 is 12.8 Å². The Kier molecular flexibility index (Phi) is 4.56. The summed E-state index contributed by atoms with van der Waals surface area (Å²) in [7, 11) is -3.72. The Morgan fingerprint density at radius 3 is 2.12 bits per heavy atom. The summed E-state index contributed by atoms with van der Waals surface area (Å²) in [5, 5.41) is 5.16. The molecule has 0 bridgehead atoms. The van der Waals surface area contributed by atoms with Crippen LogP contribution in [0.4, 0.5) is 4.39 Å². The summed E-state index contributed by atoms with van der Waals surface area (Å²) in [6.45, 7) is 1.74. The van der Waals surface area contributed by atoms with Crippen molar-refractivity contribution in [1.82, 2.24) is 0 Å². The van der Waals surface area contributed by atoms with E-state index in [0.717, 1.165) is 42.4 Å².